The first kappa shape index (κ1) is 22.4. The highest BCUT2D eigenvalue weighted by molar-refractivity contribution is 5.69. The predicted molar refractivity (Wildman–Crippen MR) is 83.7 cm³/mol. The third-order valence-electron chi connectivity index (χ3n) is 3.23. The first-order chi connectivity index (χ1) is 12.5. The van der Waals surface area contributed by atoms with E-state index in [0.29, 0.717) is 0 Å². The molecule has 11 heteroatoms. The van der Waals surface area contributed by atoms with Crippen LogP contribution in [-0.4, -0.2) is 67.2 Å². The Bertz CT molecular complexity index is 599. The van der Waals surface area contributed by atoms with Gasteiger partial charge in [-0.15, -0.1) is 0 Å². The lowest BCUT2D eigenvalue weighted by Gasteiger charge is -2.43. The summed E-state index contributed by atoms with van der Waals surface area (Å²) in [5.74, 6) is -3.71. The monoisotopic (exact) mass is 390 g/mol. The van der Waals surface area contributed by atoms with Gasteiger partial charge in [0, 0.05) is 34.6 Å². The van der Waals surface area contributed by atoms with Gasteiger partial charge in [-0.3, -0.25) is 24.0 Å². The zero-order valence-electron chi connectivity index (χ0n) is 15.6. The summed E-state index contributed by atoms with van der Waals surface area (Å²) in [7, 11) is 0. The minimum atomic E-state index is -1.48. The Morgan fingerprint density at radius 3 is 1.52 bits per heavy atom. The second-order valence-corrected chi connectivity index (χ2v) is 5.68. The summed E-state index contributed by atoms with van der Waals surface area (Å²) in [4.78, 5) is 57.0. The van der Waals surface area contributed by atoms with Crippen LogP contribution in [0, 0.1) is 0 Å². The Hall–Kier alpha value is -2.69. The number of hydrogen-bond acceptors (Lipinski definition) is 11. The van der Waals surface area contributed by atoms with Crippen molar-refractivity contribution in [2.24, 2.45) is 0 Å². The van der Waals surface area contributed by atoms with Crippen LogP contribution < -0.4 is 0 Å². The Balaban J connectivity index is 3.29. The topological polar surface area (TPSA) is 141 Å². The number of esters is 5. The van der Waals surface area contributed by atoms with Crippen molar-refractivity contribution in [3.05, 3.63) is 0 Å². The van der Waals surface area contributed by atoms with Gasteiger partial charge in [-0.05, 0) is 0 Å². The van der Waals surface area contributed by atoms with Gasteiger partial charge in [0.1, 0.15) is 12.7 Å². The normalized spacial score (nSPS) is 27.1. The van der Waals surface area contributed by atoms with Crippen LogP contribution in [-0.2, 0) is 52.4 Å². The molecule has 152 valence electrons. The van der Waals surface area contributed by atoms with Crippen LogP contribution in [0.15, 0.2) is 0 Å². The molecule has 0 amide bonds. The van der Waals surface area contributed by atoms with Crippen molar-refractivity contribution in [3.8, 4) is 0 Å². The Morgan fingerprint density at radius 2 is 1.07 bits per heavy atom. The standard InChI is InChI=1S/C16H22O11/c1-7(17)22-6-12-13(23-8(2)18)14(24-9(3)19)15(25-10(4)20)16(27-12)26-11(5)21/h12-16H,6H2,1-5H3/t12-,13-,14+,15+,16-/m1/s1. The van der Waals surface area contributed by atoms with Crippen LogP contribution in [0.5, 0.6) is 0 Å². The highest BCUT2D eigenvalue weighted by Gasteiger charge is 2.53. The van der Waals surface area contributed by atoms with Gasteiger partial charge in [0.15, 0.2) is 12.2 Å². The van der Waals surface area contributed by atoms with Crippen LogP contribution in [0.2, 0.25) is 0 Å². The summed E-state index contributed by atoms with van der Waals surface area (Å²) in [6.45, 7) is 5.13. The SMILES string of the molecule is CC(=O)OC[C@H]1O[C@@H](OC(C)=O)[C@@H](OC(C)=O)[C@@H](OC(C)=O)[C@@H]1OC(C)=O. The molecule has 0 aromatic rings. The van der Waals surface area contributed by atoms with Gasteiger partial charge >= 0.3 is 29.8 Å². The molecule has 1 saturated heterocycles. The van der Waals surface area contributed by atoms with E-state index in [4.69, 9.17) is 28.4 Å². The molecular formula is C16H22O11. The number of hydrogen-bond donors (Lipinski definition) is 0. The van der Waals surface area contributed by atoms with Crippen molar-refractivity contribution in [1.82, 2.24) is 0 Å². The summed E-state index contributed by atoms with van der Waals surface area (Å²) in [6.07, 6.45) is -6.70. The zero-order chi connectivity index (χ0) is 20.7. The van der Waals surface area contributed by atoms with E-state index in [0.717, 1.165) is 34.6 Å². The molecule has 5 atom stereocenters. The lowest BCUT2D eigenvalue weighted by molar-refractivity contribution is -0.300. The van der Waals surface area contributed by atoms with Crippen molar-refractivity contribution >= 4 is 29.8 Å². The molecular weight excluding hydrogens is 368 g/mol. The molecule has 0 radical (unpaired) electrons. The molecule has 1 aliphatic rings. The quantitative estimate of drug-likeness (QED) is 0.433. The first-order valence-electron chi connectivity index (χ1n) is 7.99. The zero-order valence-corrected chi connectivity index (χ0v) is 15.6. The number of rotatable bonds is 6. The number of carbonyl (C=O) groups excluding carboxylic acids is 5. The van der Waals surface area contributed by atoms with Crippen molar-refractivity contribution in [2.75, 3.05) is 6.61 Å². The molecule has 1 fully saturated rings. The maximum absolute atomic E-state index is 11.5. The predicted octanol–water partition coefficient (Wildman–Crippen LogP) is -0.367. The smallest absolute Gasteiger partial charge is 0.305 e. The summed E-state index contributed by atoms with van der Waals surface area (Å²) in [5, 5.41) is 0. The largest absolute Gasteiger partial charge is 0.463 e. The summed E-state index contributed by atoms with van der Waals surface area (Å²) >= 11 is 0. The summed E-state index contributed by atoms with van der Waals surface area (Å²) < 4.78 is 30.8. The molecule has 27 heavy (non-hydrogen) atoms. The Kier molecular flexibility index (Phi) is 8.16. The van der Waals surface area contributed by atoms with E-state index in [9.17, 15) is 24.0 Å². The van der Waals surface area contributed by atoms with Gasteiger partial charge in [-0.1, -0.05) is 0 Å². The molecule has 0 spiro atoms. The summed E-state index contributed by atoms with van der Waals surface area (Å²) in [5.41, 5.74) is 0. The van der Waals surface area contributed by atoms with E-state index in [1.54, 1.807) is 0 Å². The lowest BCUT2D eigenvalue weighted by Crippen LogP contribution is -2.63. The maximum Gasteiger partial charge on any atom is 0.305 e. The molecule has 0 aliphatic carbocycles. The van der Waals surface area contributed by atoms with Crippen LogP contribution in [0.1, 0.15) is 34.6 Å². The fraction of sp³-hybridized carbons (Fsp3) is 0.688. The fourth-order valence-electron chi connectivity index (χ4n) is 2.45. The molecule has 1 heterocycles. The minimum Gasteiger partial charge on any atom is -0.463 e. The van der Waals surface area contributed by atoms with E-state index in [1.807, 2.05) is 0 Å². The highest BCUT2D eigenvalue weighted by Crippen LogP contribution is 2.29. The van der Waals surface area contributed by atoms with Crippen LogP contribution >= 0.6 is 0 Å². The van der Waals surface area contributed by atoms with Gasteiger partial charge in [-0.25, -0.2) is 0 Å². The minimum absolute atomic E-state index is 0.393. The van der Waals surface area contributed by atoms with Gasteiger partial charge in [0.05, 0.1) is 0 Å². The Morgan fingerprint density at radius 1 is 0.630 bits per heavy atom. The molecule has 0 saturated carbocycles. The summed E-state index contributed by atoms with van der Waals surface area (Å²) in [6, 6.07) is 0. The van der Waals surface area contributed by atoms with Crippen molar-refractivity contribution in [3.63, 3.8) is 0 Å². The van der Waals surface area contributed by atoms with Crippen LogP contribution in [0.25, 0.3) is 0 Å². The number of ether oxygens (including phenoxy) is 6. The Labute approximate surface area is 155 Å². The maximum atomic E-state index is 11.5. The highest BCUT2D eigenvalue weighted by atomic mass is 16.7. The lowest BCUT2D eigenvalue weighted by atomic mass is 9.98. The average Bonchev–Trinajstić information content (AvgIpc) is 2.49. The van der Waals surface area contributed by atoms with Crippen molar-refractivity contribution < 1.29 is 52.4 Å². The van der Waals surface area contributed by atoms with Crippen molar-refractivity contribution in [2.45, 2.75) is 65.3 Å². The average molecular weight is 390 g/mol. The van der Waals surface area contributed by atoms with Crippen LogP contribution in [0.4, 0.5) is 0 Å². The van der Waals surface area contributed by atoms with E-state index in [-0.39, 0.29) is 0 Å². The second-order valence-electron chi connectivity index (χ2n) is 5.68. The van der Waals surface area contributed by atoms with Gasteiger partial charge in [0.2, 0.25) is 12.4 Å². The number of carbonyl (C=O) groups is 5. The molecule has 0 N–H and O–H groups in total. The molecule has 1 aliphatic heterocycles. The molecule has 0 unspecified atom stereocenters. The van der Waals surface area contributed by atoms with Gasteiger partial charge in [-0.2, -0.15) is 0 Å². The van der Waals surface area contributed by atoms with E-state index in [1.165, 1.54) is 0 Å². The van der Waals surface area contributed by atoms with E-state index >= 15 is 0 Å². The molecule has 1 rings (SSSR count). The third kappa shape index (κ3) is 7.21. The van der Waals surface area contributed by atoms with Gasteiger partial charge < -0.3 is 28.4 Å². The fourth-order valence-corrected chi connectivity index (χ4v) is 2.45. The van der Waals surface area contributed by atoms with Gasteiger partial charge in [0.25, 0.3) is 0 Å². The third-order valence-corrected chi connectivity index (χ3v) is 3.23. The first-order valence-corrected chi connectivity index (χ1v) is 7.99. The van der Waals surface area contributed by atoms with E-state index < -0.39 is 67.2 Å². The van der Waals surface area contributed by atoms with Crippen LogP contribution in [0.3, 0.4) is 0 Å². The second kappa shape index (κ2) is 9.86. The molecule has 11 nitrogen and oxygen atoms in total. The molecule has 0 bridgehead atoms. The molecule has 0 aromatic heterocycles. The van der Waals surface area contributed by atoms with E-state index in [2.05, 4.69) is 0 Å². The van der Waals surface area contributed by atoms with Crippen molar-refractivity contribution in [1.29, 1.82) is 0 Å². The molecule has 0 aromatic carbocycles.